The number of carboxylic acids is 1. The van der Waals surface area contributed by atoms with E-state index in [2.05, 4.69) is 20.9 Å². The van der Waals surface area contributed by atoms with Crippen LogP contribution in [0.25, 0.3) is 0 Å². The number of hydrogen-bond donors (Lipinski definition) is 2. The number of piperidine rings is 1. The zero-order chi connectivity index (χ0) is 16.4. The Kier molecular flexibility index (Phi) is 4.84. The Hall–Kier alpha value is -1.90. The van der Waals surface area contributed by atoms with Gasteiger partial charge in [0, 0.05) is 18.8 Å². The first-order valence-electron chi connectivity index (χ1n) is 6.81. The standard InChI is InChI=1S/C13H16BrN3O5/c1-7-2-3-8(12(20)21)4-17(7)10(18)6-16-5-9(14)11(19)15-13(16)22/h5,7-8H,2-4,6H2,1H3,(H,20,21)(H,15,19,22). The van der Waals surface area contributed by atoms with E-state index in [1.54, 1.807) is 0 Å². The second-order valence-electron chi connectivity index (χ2n) is 5.37. The van der Waals surface area contributed by atoms with Gasteiger partial charge in [-0.2, -0.15) is 0 Å². The minimum absolute atomic E-state index is 0.0787. The van der Waals surface area contributed by atoms with Crippen LogP contribution in [0.3, 0.4) is 0 Å². The minimum Gasteiger partial charge on any atom is -0.481 e. The fourth-order valence-corrected chi connectivity index (χ4v) is 2.84. The molecule has 8 nitrogen and oxygen atoms in total. The van der Waals surface area contributed by atoms with E-state index in [1.165, 1.54) is 11.1 Å². The Labute approximate surface area is 133 Å². The highest BCUT2D eigenvalue weighted by molar-refractivity contribution is 9.10. The van der Waals surface area contributed by atoms with Crippen molar-refractivity contribution in [2.75, 3.05) is 6.54 Å². The Morgan fingerprint density at radius 2 is 2.09 bits per heavy atom. The molecule has 2 N–H and O–H groups in total. The molecule has 1 aromatic heterocycles. The lowest BCUT2D eigenvalue weighted by Gasteiger charge is -2.36. The van der Waals surface area contributed by atoms with Gasteiger partial charge in [0.15, 0.2) is 0 Å². The topological polar surface area (TPSA) is 112 Å². The van der Waals surface area contributed by atoms with E-state index in [4.69, 9.17) is 5.11 Å². The summed E-state index contributed by atoms with van der Waals surface area (Å²) in [5.41, 5.74) is -1.24. The number of aromatic amines is 1. The number of amides is 1. The number of carbonyl (C=O) groups excluding carboxylic acids is 1. The summed E-state index contributed by atoms with van der Waals surface area (Å²) in [6.07, 6.45) is 2.39. The van der Waals surface area contributed by atoms with Crippen LogP contribution < -0.4 is 11.2 Å². The number of rotatable bonds is 3. The average Bonchev–Trinajstić information content (AvgIpc) is 2.44. The number of aromatic nitrogens is 2. The number of H-pyrrole nitrogens is 1. The lowest BCUT2D eigenvalue weighted by atomic mass is 9.93. The van der Waals surface area contributed by atoms with Gasteiger partial charge in [-0.15, -0.1) is 0 Å². The molecule has 1 aliphatic heterocycles. The number of halogens is 1. The van der Waals surface area contributed by atoms with Crippen molar-refractivity contribution >= 4 is 27.8 Å². The fraction of sp³-hybridized carbons (Fsp3) is 0.538. The van der Waals surface area contributed by atoms with Gasteiger partial charge in [-0.05, 0) is 35.7 Å². The molecule has 1 saturated heterocycles. The molecule has 1 aliphatic rings. The lowest BCUT2D eigenvalue weighted by Crippen LogP contribution is -2.49. The number of carbonyl (C=O) groups is 2. The van der Waals surface area contributed by atoms with Crippen molar-refractivity contribution in [2.45, 2.75) is 32.4 Å². The SMILES string of the molecule is CC1CCC(C(=O)O)CN1C(=O)Cn1cc(Br)c(=O)[nH]c1=O. The van der Waals surface area contributed by atoms with Crippen molar-refractivity contribution in [1.29, 1.82) is 0 Å². The molecule has 1 fully saturated rings. The van der Waals surface area contributed by atoms with Crippen molar-refractivity contribution in [3.05, 3.63) is 31.5 Å². The molecule has 0 bridgehead atoms. The van der Waals surface area contributed by atoms with Crippen LogP contribution in [0.2, 0.25) is 0 Å². The van der Waals surface area contributed by atoms with E-state index >= 15 is 0 Å². The van der Waals surface area contributed by atoms with Gasteiger partial charge in [-0.25, -0.2) is 4.79 Å². The van der Waals surface area contributed by atoms with E-state index in [9.17, 15) is 19.2 Å². The zero-order valence-electron chi connectivity index (χ0n) is 11.9. The summed E-state index contributed by atoms with van der Waals surface area (Å²) in [4.78, 5) is 50.0. The summed E-state index contributed by atoms with van der Waals surface area (Å²) >= 11 is 3.00. The van der Waals surface area contributed by atoms with E-state index in [0.717, 1.165) is 4.57 Å². The van der Waals surface area contributed by atoms with Gasteiger partial charge in [-0.1, -0.05) is 0 Å². The molecule has 0 saturated carbocycles. The first kappa shape index (κ1) is 16.5. The molecule has 2 heterocycles. The van der Waals surface area contributed by atoms with Crippen molar-refractivity contribution < 1.29 is 14.7 Å². The summed E-state index contributed by atoms with van der Waals surface area (Å²) in [6, 6.07) is -0.0787. The fourth-order valence-electron chi connectivity index (χ4n) is 2.49. The number of likely N-dealkylation sites (tertiary alicyclic amines) is 1. The quantitative estimate of drug-likeness (QED) is 0.774. The molecular weight excluding hydrogens is 358 g/mol. The molecular formula is C13H16BrN3O5. The highest BCUT2D eigenvalue weighted by atomic mass is 79.9. The van der Waals surface area contributed by atoms with Gasteiger partial charge in [0.1, 0.15) is 6.54 Å². The first-order chi connectivity index (χ1) is 10.3. The highest BCUT2D eigenvalue weighted by Gasteiger charge is 2.32. The summed E-state index contributed by atoms with van der Waals surface area (Å²) in [5, 5.41) is 9.09. The van der Waals surface area contributed by atoms with Crippen molar-refractivity contribution in [2.24, 2.45) is 5.92 Å². The van der Waals surface area contributed by atoms with E-state index < -0.39 is 23.1 Å². The van der Waals surface area contributed by atoms with Crippen LogP contribution in [0.15, 0.2) is 20.3 Å². The maximum atomic E-state index is 12.4. The van der Waals surface area contributed by atoms with Gasteiger partial charge >= 0.3 is 11.7 Å². The minimum atomic E-state index is -0.923. The summed E-state index contributed by atoms with van der Waals surface area (Å²) in [7, 11) is 0. The predicted octanol–water partition coefficient (Wildman–Crippen LogP) is 0.0108. The molecule has 1 amide bonds. The maximum Gasteiger partial charge on any atom is 0.328 e. The molecule has 0 aromatic carbocycles. The van der Waals surface area contributed by atoms with Crippen LogP contribution in [0.5, 0.6) is 0 Å². The smallest absolute Gasteiger partial charge is 0.328 e. The number of nitrogens with one attached hydrogen (secondary N) is 1. The Bertz CT molecular complexity index is 710. The van der Waals surface area contributed by atoms with Crippen LogP contribution >= 0.6 is 15.9 Å². The molecule has 22 heavy (non-hydrogen) atoms. The Morgan fingerprint density at radius 3 is 2.73 bits per heavy atom. The largest absolute Gasteiger partial charge is 0.481 e. The number of hydrogen-bond acceptors (Lipinski definition) is 4. The third kappa shape index (κ3) is 3.46. The van der Waals surface area contributed by atoms with Crippen molar-refractivity contribution in [1.82, 2.24) is 14.5 Å². The van der Waals surface area contributed by atoms with Crippen LogP contribution in [0.1, 0.15) is 19.8 Å². The molecule has 0 aliphatic carbocycles. The molecule has 2 rings (SSSR count). The normalized spacial score (nSPS) is 21.6. The zero-order valence-corrected chi connectivity index (χ0v) is 13.5. The Balaban J connectivity index is 2.17. The molecule has 9 heteroatoms. The lowest BCUT2D eigenvalue weighted by molar-refractivity contribution is -0.147. The van der Waals surface area contributed by atoms with Crippen molar-refractivity contribution in [3.8, 4) is 0 Å². The number of nitrogens with zero attached hydrogens (tertiary/aromatic N) is 2. The van der Waals surface area contributed by atoms with Gasteiger partial charge in [0.2, 0.25) is 5.91 Å². The third-order valence-electron chi connectivity index (χ3n) is 3.82. The van der Waals surface area contributed by atoms with Gasteiger partial charge < -0.3 is 10.0 Å². The summed E-state index contributed by atoms with van der Waals surface area (Å²) < 4.78 is 1.24. The molecule has 2 atom stereocenters. The second-order valence-corrected chi connectivity index (χ2v) is 6.23. The number of aliphatic carboxylic acids is 1. The van der Waals surface area contributed by atoms with Crippen LogP contribution in [0.4, 0.5) is 0 Å². The summed E-state index contributed by atoms with van der Waals surface area (Å²) in [6.45, 7) is 1.74. The molecule has 0 radical (unpaired) electrons. The molecule has 120 valence electrons. The predicted molar refractivity (Wildman–Crippen MR) is 80.6 cm³/mol. The van der Waals surface area contributed by atoms with Crippen LogP contribution in [-0.4, -0.2) is 44.0 Å². The van der Waals surface area contributed by atoms with Gasteiger partial charge in [-0.3, -0.25) is 23.9 Å². The second kappa shape index (κ2) is 6.47. The highest BCUT2D eigenvalue weighted by Crippen LogP contribution is 2.22. The van der Waals surface area contributed by atoms with E-state index in [0.29, 0.717) is 12.8 Å². The van der Waals surface area contributed by atoms with Crippen molar-refractivity contribution in [3.63, 3.8) is 0 Å². The third-order valence-corrected chi connectivity index (χ3v) is 4.39. The first-order valence-corrected chi connectivity index (χ1v) is 7.60. The molecule has 0 spiro atoms. The molecule has 2 unspecified atom stereocenters. The summed E-state index contributed by atoms with van der Waals surface area (Å²) in [5.74, 6) is -1.85. The Morgan fingerprint density at radius 1 is 1.41 bits per heavy atom. The molecule has 1 aromatic rings. The van der Waals surface area contributed by atoms with Gasteiger partial charge in [0.25, 0.3) is 5.56 Å². The van der Waals surface area contributed by atoms with Crippen LogP contribution in [-0.2, 0) is 16.1 Å². The number of carboxylic acid groups (broad SMARTS) is 1. The van der Waals surface area contributed by atoms with E-state index in [-0.39, 0.29) is 29.5 Å². The maximum absolute atomic E-state index is 12.4. The van der Waals surface area contributed by atoms with Crippen LogP contribution in [0, 0.1) is 5.92 Å². The van der Waals surface area contributed by atoms with E-state index in [1.807, 2.05) is 6.92 Å². The average molecular weight is 374 g/mol. The van der Waals surface area contributed by atoms with Gasteiger partial charge in [0.05, 0.1) is 10.4 Å². The monoisotopic (exact) mass is 373 g/mol.